The van der Waals surface area contributed by atoms with Crippen LogP contribution >= 0.6 is 27.5 Å². The number of rotatable bonds is 2. The molecule has 0 amide bonds. The number of hydrogen-bond donors (Lipinski definition) is 1. The average Bonchev–Trinajstić information content (AvgIpc) is 2.24. The Morgan fingerprint density at radius 1 is 1.38 bits per heavy atom. The Kier molecular flexibility index (Phi) is 3.26. The summed E-state index contributed by atoms with van der Waals surface area (Å²) in [6.07, 6.45) is 1.41. The summed E-state index contributed by atoms with van der Waals surface area (Å²) >= 11 is 8.99. The predicted molar refractivity (Wildman–Crippen MR) is 65.7 cm³/mol. The zero-order valence-electron chi connectivity index (χ0n) is 8.02. The third-order valence-electron chi connectivity index (χ3n) is 1.76. The fourth-order valence-electron chi connectivity index (χ4n) is 1.08. The largest absolute Gasteiger partial charge is 0.437 e. The summed E-state index contributed by atoms with van der Waals surface area (Å²) in [6.45, 7) is 0. The molecule has 0 fully saturated rings. The predicted octanol–water partition coefficient (Wildman–Crippen LogP) is 3.27. The van der Waals surface area contributed by atoms with Crippen LogP contribution in [0.2, 0.25) is 5.28 Å². The Hall–Kier alpha value is -1.33. The molecule has 0 saturated carbocycles. The van der Waals surface area contributed by atoms with Crippen LogP contribution in [0, 0.1) is 0 Å². The first kappa shape index (κ1) is 11.2. The fourth-order valence-corrected chi connectivity index (χ4v) is 1.58. The van der Waals surface area contributed by atoms with Gasteiger partial charge in [0.2, 0.25) is 11.2 Å². The van der Waals surface area contributed by atoms with Crippen LogP contribution in [0.3, 0.4) is 0 Å². The minimum absolute atomic E-state index is 0.0965. The van der Waals surface area contributed by atoms with Crippen molar-refractivity contribution in [2.75, 3.05) is 5.73 Å². The highest BCUT2D eigenvalue weighted by Gasteiger charge is 2.06. The normalized spacial score (nSPS) is 10.1. The second kappa shape index (κ2) is 4.67. The molecule has 1 heterocycles. The van der Waals surface area contributed by atoms with Crippen LogP contribution in [0.15, 0.2) is 34.9 Å². The van der Waals surface area contributed by atoms with Gasteiger partial charge in [0.1, 0.15) is 11.4 Å². The number of nitrogen functional groups attached to an aromatic ring is 1. The summed E-state index contributed by atoms with van der Waals surface area (Å²) in [6, 6.07) is 7.33. The number of halogens is 2. The van der Waals surface area contributed by atoms with E-state index in [1.54, 1.807) is 12.1 Å². The van der Waals surface area contributed by atoms with Gasteiger partial charge < -0.3 is 10.5 Å². The quantitative estimate of drug-likeness (QED) is 0.865. The molecule has 0 aliphatic heterocycles. The van der Waals surface area contributed by atoms with E-state index in [0.29, 0.717) is 11.4 Å². The zero-order valence-corrected chi connectivity index (χ0v) is 10.4. The van der Waals surface area contributed by atoms with Crippen molar-refractivity contribution < 1.29 is 4.74 Å². The third kappa shape index (κ3) is 2.62. The molecule has 1 aromatic heterocycles. The first-order chi connectivity index (χ1) is 7.65. The Labute approximate surface area is 106 Å². The molecule has 0 saturated heterocycles. The Morgan fingerprint density at radius 3 is 2.94 bits per heavy atom. The molecule has 16 heavy (non-hydrogen) atoms. The summed E-state index contributed by atoms with van der Waals surface area (Å²) in [5, 5.41) is 0.0965. The maximum atomic E-state index is 5.65. The molecular weight excluding hydrogens is 293 g/mol. The molecule has 2 rings (SSSR count). The highest BCUT2D eigenvalue weighted by Crippen LogP contribution is 2.27. The monoisotopic (exact) mass is 299 g/mol. The van der Waals surface area contributed by atoms with E-state index in [9.17, 15) is 0 Å². The lowest BCUT2D eigenvalue weighted by Crippen LogP contribution is -1.96. The van der Waals surface area contributed by atoms with E-state index in [0.717, 1.165) is 4.47 Å². The summed E-state index contributed by atoms with van der Waals surface area (Å²) in [5.41, 5.74) is 5.99. The highest BCUT2D eigenvalue weighted by atomic mass is 79.9. The van der Waals surface area contributed by atoms with Gasteiger partial charge >= 0.3 is 0 Å². The van der Waals surface area contributed by atoms with E-state index in [1.807, 2.05) is 12.1 Å². The summed E-state index contributed by atoms with van der Waals surface area (Å²) in [7, 11) is 0. The topological polar surface area (TPSA) is 61.0 Å². The van der Waals surface area contributed by atoms with Gasteiger partial charge in [-0.25, -0.2) is 4.98 Å². The second-order valence-electron chi connectivity index (χ2n) is 2.96. The van der Waals surface area contributed by atoms with Gasteiger partial charge in [-0.05, 0) is 29.8 Å². The van der Waals surface area contributed by atoms with Crippen molar-refractivity contribution in [3.63, 3.8) is 0 Å². The van der Waals surface area contributed by atoms with Gasteiger partial charge in [-0.15, -0.1) is 0 Å². The lowest BCUT2D eigenvalue weighted by Gasteiger charge is -2.06. The van der Waals surface area contributed by atoms with E-state index >= 15 is 0 Å². The highest BCUT2D eigenvalue weighted by molar-refractivity contribution is 9.10. The molecule has 0 radical (unpaired) electrons. The summed E-state index contributed by atoms with van der Waals surface area (Å²) in [5.74, 6) is 0.869. The van der Waals surface area contributed by atoms with Crippen LogP contribution in [0.4, 0.5) is 5.69 Å². The number of hydrogen-bond acceptors (Lipinski definition) is 4. The van der Waals surface area contributed by atoms with Crippen molar-refractivity contribution in [2.24, 2.45) is 0 Å². The standard InChI is InChI=1S/C10H7BrClN3O/c11-6-2-1-3-7(4-6)16-9-8(13)5-14-10(12)15-9/h1-5H,13H2. The number of nitrogens with zero attached hydrogens (tertiary/aromatic N) is 2. The first-order valence-corrected chi connectivity index (χ1v) is 5.53. The smallest absolute Gasteiger partial charge is 0.247 e. The minimum atomic E-state index is 0.0965. The SMILES string of the molecule is Nc1cnc(Cl)nc1Oc1cccc(Br)c1. The van der Waals surface area contributed by atoms with Gasteiger partial charge in [-0.2, -0.15) is 4.98 Å². The van der Waals surface area contributed by atoms with Crippen LogP contribution in [-0.2, 0) is 0 Å². The molecule has 6 heteroatoms. The third-order valence-corrected chi connectivity index (χ3v) is 2.44. The summed E-state index contributed by atoms with van der Waals surface area (Å²) < 4.78 is 6.39. The first-order valence-electron chi connectivity index (χ1n) is 4.36. The van der Waals surface area contributed by atoms with Crippen molar-refractivity contribution in [2.45, 2.75) is 0 Å². The van der Waals surface area contributed by atoms with E-state index in [2.05, 4.69) is 25.9 Å². The number of nitrogens with two attached hydrogens (primary N) is 1. The molecule has 0 spiro atoms. The van der Waals surface area contributed by atoms with Crippen molar-refractivity contribution in [3.8, 4) is 11.6 Å². The Morgan fingerprint density at radius 2 is 2.19 bits per heavy atom. The van der Waals surface area contributed by atoms with Crippen molar-refractivity contribution in [1.29, 1.82) is 0 Å². The number of ether oxygens (including phenoxy) is 1. The van der Waals surface area contributed by atoms with Crippen LogP contribution in [0.25, 0.3) is 0 Å². The molecule has 4 nitrogen and oxygen atoms in total. The minimum Gasteiger partial charge on any atom is -0.437 e. The second-order valence-corrected chi connectivity index (χ2v) is 4.21. The van der Waals surface area contributed by atoms with Crippen LogP contribution in [0.1, 0.15) is 0 Å². The molecule has 82 valence electrons. The van der Waals surface area contributed by atoms with Gasteiger partial charge in [0.05, 0.1) is 6.20 Å². The van der Waals surface area contributed by atoms with E-state index in [-0.39, 0.29) is 11.2 Å². The average molecular weight is 301 g/mol. The maximum absolute atomic E-state index is 5.65. The number of aromatic nitrogens is 2. The van der Waals surface area contributed by atoms with Crippen molar-refractivity contribution in [3.05, 3.63) is 40.2 Å². The molecule has 2 aromatic rings. The Bertz CT molecular complexity index is 521. The number of benzene rings is 1. The van der Waals surface area contributed by atoms with Crippen molar-refractivity contribution >= 4 is 33.2 Å². The summed E-state index contributed by atoms with van der Waals surface area (Å²) in [4.78, 5) is 7.63. The molecular formula is C10H7BrClN3O. The molecule has 0 unspecified atom stereocenters. The van der Waals surface area contributed by atoms with Crippen LogP contribution in [-0.4, -0.2) is 9.97 Å². The molecule has 0 bridgehead atoms. The molecule has 2 N–H and O–H groups in total. The van der Waals surface area contributed by atoms with Gasteiger partial charge in [0, 0.05) is 4.47 Å². The van der Waals surface area contributed by atoms with Crippen LogP contribution < -0.4 is 10.5 Å². The van der Waals surface area contributed by atoms with Gasteiger partial charge in [0.15, 0.2) is 0 Å². The molecule has 1 aromatic carbocycles. The maximum Gasteiger partial charge on any atom is 0.247 e. The lowest BCUT2D eigenvalue weighted by atomic mass is 10.3. The van der Waals surface area contributed by atoms with Crippen molar-refractivity contribution in [1.82, 2.24) is 9.97 Å². The van der Waals surface area contributed by atoms with Crippen LogP contribution in [0.5, 0.6) is 11.6 Å². The number of anilines is 1. The lowest BCUT2D eigenvalue weighted by molar-refractivity contribution is 0.464. The molecule has 0 atom stereocenters. The zero-order chi connectivity index (χ0) is 11.5. The Balaban J connectivity index is 2.30. The van der Waals surface area contributed by atoms with E-state index in [4.69, 9.17) is 22.1 Å². The fraction of sp³-hybridized carbons (Fsp3) is 0. The van der Waals surface area contributed by atoms with E-state index < -0.39 is 0 Å². The van der Waals surface area contributed by atoms with E-state index in [1.165, 1.54) is 6.20 Å². The molecule has 0 aliphatic rings. The molecule has 0 aliphatic carbocycles. The van der Waals surface area contributed by atoms with Gasteiger partial charge in [0.25, 0.3) is 0 Å². The van der Waals surface area contributed by atoms with Gasteiger partial charge in [-0.3, -0.25) is 0 Å². The van der Waals surface area contributed by atoms with Gasteiger partial charge in [-0.1, -0.05) is 22.0 Å².